The number of rotatable bonds is 7. The molecule has 2 rings (SSSR count). The molecule has 1 atom stereocenters. The Bertz CT molecular complexity index is 805. The Labute approximate surface area is 161 Å². The number of carbonyl (C=O) groups is 1. The Kier molecular flexibility index (Phi) is 8.27. The second-order valence-electron chi connectivity index (χ2n) is 6.19. The summed E-state index contributed by atoms with van der Waals surface area (Å²) in [6.07, 6.45) is 1.34. The van der Waals surface area contributed by atoms with Crippen LogP contribution in [0, 0.1) is 0 Å². The van der Waals surface area contributed by atoms with E-state index in [9.17, 15) is 13.2 Å². The molecule has 1 unspecified atom stereocenters. The lowest BCUT2D eigenvalue weighted by atomic mass is 10.1. The van der Waals surface area contributed by atoms with E-state index in [-0.39, 0.29) is 17.3 Å². The lowest BCUT2D eigenvalue weighted by Gasteiger charge is -2.20. The smallest absolute Gasteiger partial charge is 0.338 e. The monoisotopic (exact) mass is 397 g/mol. The Balaban J connectivity index is 0.00000338. The first-order valence-electron chi connectivity index (χ1n) is 7.98. The molecule has 0 fully saturated rings. The van der Waals surface area contributed by atoms with E-state index in [1.165, 1.54) is 6.26 Å². The van der Waals surface area contributed by atoms with Crippen molar-refractivity contribution < 1.29 is 17.9 Å². The molecule has 2 aromatic rings. The molecule has 0 saturated heterocycles. The predicted octanol–water partition coefficient (Wildman–Crippen LogP) is 3.36. The molecule has 0 aliphatic heterocycles. The van der Waals surface area contributed by atoms with Gasteiger partial charge in [-0.15, -0.1) is 12.4 Å². The third-order valence-corrected chi connectivity index (χ3v) is 4.91. The van der Waals surface area contributed by atoms with Gasteiger partial charge in [-0.05, 0) is 43.9 Å². The van der Waals surface area contributed by atoms with Crippen LogP contribution in [-0.2, 0) is 14.6 Å². The molecule has 5 nitrogen and oxygen atoms in total. The Morgan fingerprint density at radius 1 is 1.04 bits per heavy atom. The van der Waals surface area contributed by atoms with Gasteiger partial charge in [0.1, 0.15) is 6.10 Å². The van der Waals surface area contributed by atoms with Gasteiger partial charge in [-0.1, -0.05) is 30.3 Å². The molecule has 0 aromatic heterocycles. The van der Waals surface area contributed by atoms with Crippen molar-refractivity contribution in [2.75, 3.05) is 26.9 Å². The Hall–Kier alpha value is -1.89. The van der Waals surface area contributed by atoms with E-state index in [4.69, 9.17) is 4.74 Å². The molecule has 0 saturated carbocycles. The highest BCUT2D eigenvalue weighted by molar-refractivity contribution is 7.90. The highest BCUT2D eigenvalue weighted by Gasteiger charge is 2.19. The van der Waals surface area contributed by atoms with Crippen LogP contribution in [0.15, 0.2) is 59.5 Å². The minimum Gasteiger partial charge on any atom is -0.454 e. The van der Waals surface area contributed by atoms with E-state index in [2.05, 4.69) is 0 Å². The zero-order valence-corrected chi connectivity index (χ0v) is 16.7. The van der Waals surface area contributed by atoms with Crippen LogP contribution in [0.2, 0.25) is 0 Å². The number of hydrogen-bond donors (Lipinski definition) is 0. The van der Waals surface area contributed by atoms with Gasteiger partial charge in [-0.3, -0.25) is 0 Å². The minimum absolute atomic E-state index is 0. The summed E-state index contributed by atoms with van der Waals surface area (Å²) in [6.45, 7) is 0.737. The maximum atomic E-state index is 12.4. The predicted molar refractivity (Wildman–Crippen MR) is 105 cm³/mol. The third-order valence-electron chi connectivity index (χ3n) is 3.78. The first kappa shape index (κ1) is 22.2. The van der Waals surface area contributed by atoms with Gasteiger partial charge in [0.25, 0.3) is 0 Å². The molecule has 0 heterocycles. The summed E-state index contributed by atoms with van der Waals surface area (Å²) in [6, 6.07) is 15.3. The number of benzene rings is 2. The fourth-order valence-corrected chi connectivity index (χ4v) is 3.00. The van der Waals surface area contributed by atoms with Crippen molar-refractivity contribution in [3.05, 3.63) is 65.7 Å². The molecule has 0 radical (unpaired) electrons. The van der Waals surface area contributed by atoms with E-state index < -0.39 is 21.9 Å². The van der Waals surface area contributed by atoms with E-state index in [0.29, 0.717) is 12.0 Å². The first-order valence-corrected chi connectivity index (χ1v) is 9.87. The molecule has 0 bridgehead atoms. The second-order valence-corrected chi connectivity index (χ2v) is 8.21. The molecule has 2 aromatic carbocycles. The van der Waals surface area contributed by atoms with Crippen LogP contribution in [-0.4, -0.2) is 46.2 Å². The van der Waals surface area contributed by atoms with Crippen molar-refractivity contribution >= 4 is 28.2 Å². The van der Waals surface area contributed by atoms with Crippen LogP contribution >= 0.6 is 12.4 Å². The molecule has 0 N–H and O–H groups in total. The van der Waals surface area contributed by atoms with E-state index >= 15 is 0 Å². The van der Waals surface area contributed by atoms with Crippen LogP contribution in [0.25, 0.3) is 0 Å². The molecule has 0 spiro atoms. The molecule has 7 heteroatoms. The summed E-state index contributed by atoms with van der Waals surface area (Å²) in [5, 5.41) is 0. The van der Waals surface area contributed by atoms with Crippen LogP contribution in [0.3, 0.4) is 0 Å². The van der Waals surface area contributed by atoms with Gasteiger partial charge < -0.3 is 9.64 Å². The summed E-state index contributed by atoms with van der Waals surface area (Å²) in [4.78, 5) is 14.6. The van der Waals surface area contributed by atoms with Gasteiger partial charge in [-0.2, -0.15) is 0 Å². The number of carbonyl (C=O) groups excluding carboxylic acids is 1. The topological polar surface area (TPSA) is 63.7 Å². The quantitative estimate of drug-likeness (QED) is 0.670. The number of ether oxygens (including phenoxy) is 1. The molecular formula is C19H24ClNO4S. The second kappa shape index (κ2) is 9.71. The molecule has 0 aliphatic rings. The summed E-state index contributed by atoms with van der Waals surface area (Å²) >= 11 is 0. The highest BCUT2D eigenvalue weighted by Crippen LogP contribution is 2.24. The summed E-state index contributed by atoms with van der Waals surface area (Å²) in [7, 11) is 0.641. The number of sulfone groups is 1. The fraction of sp³-hybridized carbons (Fsp3) is 0.316. The average Bonchev–Trinajstić information content (AvgIpc) is 2.58. The molecule has 0 aliphatic carbocycles. The SMILES string of the molecule is CN(C)CCC(OC(=O)c1ccccc1)c1ccc(S(C)(=O)=O)cc1.Cl. The van der Waals surface area contributed by atoms with Crippen molar-refractivity contribution in [3.63, 3.8) is 0 Å². The fourth-order valence-electron chi connectivity index (χ4n) is 2.37. The number of nitrogens with zero attached hydrogens (tertiary/aromatic N) is 1. The van der Waals surface area contributed by atoms with Crippen LogP contribution in [0.4, 0.5) is 0 Å². The van der Waals surface area contributed by atoms with Crippen LogP contribution in [0.1, 0.15) is 28.4 Å². The van der Waals surface area contributed by atoms with Crippen LogP contribution in [0.5, 0.6) is 0 Å². The van der Waals surface area contributed by atoms with Gasteiger partial charge in [0, 0.05) is 19.2 Å². The molecule has 0 amide bonds. The largest absolute Gasteiger partial charge is 0.454 e. The number of esters is 1. The van der Waals surface area contributed by atoms with Gasteiger partial charge in [0.05, 0.1) is 10.5 Å². The lowest BCUT2D eigenvalue weighted by molar-refractivity contribution is 0.0261. The summed E-state index contributed by atoms with van der Waals surface area (Å²) < 4.78 is 28.9. The maximum Gasteiger partial charge on any atom is 0.338 e. The van der Waals surface area contributed by atoms with Crippen molar-refractivity contribution in [1.29, 1.82) is 0 Å². The molecule has 26 heavy (non-hydrogen) atoms. The van der Waals surface area contributed by atoms with Gasteiger partial charge >= 0.3 is 5.97 Å². The third kappa shape index (κ3) is 6.44. The van der Waals surface area contributed by atoms with Gasteiger partial charge in [0.15, 0.2) is 9.84 Å². The Morgan fingerprint density at radius 2 is 1.62 bits per heavy atom. The summed E-state index contributed by atoms with van der Waals surface area (Å²) in [5.74, 6) is -0.392. The summed E-state index contributed by atoms with van der Waals surface area (Å²) in [5.41, 5.74) is 1.27. The zero-order valence-electron chi connectivity index (χ0n) is 15.1. The lowest BCUT2D eigenvalue weighted by Crippen LogP contribution is -2.19. The van der Waals surface area contributed by atoms with Crippen LogP contribution < -0.4 is 0 Å². The minimum atomic E-state index is -3.25. The standard InChI is InChI=1S/C19H23NO4S.ClH/c1-20(2)14-13-18(24-19(21)16-7-5-4-6-8-16)15-9-11-17(12-10-15)25(3,22)23;/h4-12,18H,13-14H2,1-3H3;1H. The number of halogens is 1. The van der Waals surface area contributed by atoms with Gasteiger partial charge in [0.2, 0.25) is 0 Å². The maximum absolute atomic E-state index is 12.4. The van der Waals surface area contributed by atoms with Crippen molar-refractivity contribution in [1.82, 2.24) is 4.90 Å². The molecular weight excluding hydrogens is 374 g/mol. The van der Waals surface area contributed by atoms with E-state index in [1.807, 2.05) is 25.1 Å². The first-order chi connectivity index (χ1) is 11.8. The van der Waals surface area contributed by atoms with Crippen molar-refractivity contribution in [2.24, 2.45) is 0 Å². The Morgan fingerprint density at radius 3 is 2.12 bits per heavy atom. The van der Waals surface area contributed by atoms with E-state index in [1.54, 1.807) is 48.5 Å². The highest BCUT2D eigenvalue weighted by atomic mass is 35.5. The van der Waals surface area contributed by atoms with E-state index in [0.717, 1.165) is 12.1 Å². The average molecular weight is 398 g/mol. The zero-order chi connectivity index (χ0) is 18.4. The normalized spacial score (nSPS) is 12.3. The number of hydrogen-bond acceptors (Lipinski definition) is 5. The van der Waals surface area contributed by atoms with Crippen molar-refractivity contribution in [3.8, 4) is 0 Å². The molecule has 142 valence electrons. The van der Waals surface area contributed by atoms with Gasteiger partial charge in [-0.25, -0.2) is 13.2 Å². The van der Waals surface area contributed by atoms with Crippen molar-refractivity contribution in [2.45, 2.75) is 17.4 Å².